The average molecular weight is 301 g/mol. The van der Waals surface area contributed by atoms with Gasteiger partial charge in [-0.05, 0) is 37.5 Å². The molecule has 112 valence electrons. The van der Waals surface area contributed by atoms with Gasteiger partial charge in [-0.15, -0.1) is 0 Å². The molecular weight excluding hydrogens is 278 g/mol. The molecule has 0 saturated carbocycles. The smallest absolute Gasteiger partial charge is 0.188 e. The normalized spacial score (nSPS) is 12.4. The molecule has 1 aromatic carbocycles. The predicted octanol–water partition coefficient (Wildman–Crippen LogP) is 3.84. The SMILES string of the molecule is CCCc1ccc(C(N)CSc2nc(C)cc(C)n2)cc1. The highest BCUT2D eigenvalue weighted by atomic mass is 32.2. The summed E-state index contributed by atoms with van der Waals surface area (Å²) >= 11 is 1.62. The van der Waals surface area contributed by atoms with Gasteiger partial charge in [0, 0.05) is 23.2 Å². The van der Waals surface area contributed by atoms with Gasteiger partial charge in [-0.2, -0.15) is 0 Å². The van der Waals surface area contributed by atoms with Crippen LogP contribution in [-0.2, 0) is 6.42 Å². The minimum Gasteiger partial charge on any atom is -0.323 e. The number of benzene rings is 1. The summed E-state index contributed by atoms with van der Waals surface area (Å²) in [5, 5.41) is 0.811. The molecule has 0 aliphatic rings. The van der Waals surface area contributed by atoms with Crippen LogP contribution in [0.4, 0.5) is 0 Å². The number of hydrogen-bond donors (Lipinski definition) is 1. The lowest BCUT2D eigenvalue weighted by molar-refractivity contribution is 0.820. The van der Waals surface area contributed by atoms with Crippen molar-refractivity contribution in [1.82, 2.24) is 9.97 Å². The third-order valence-electron chi connectivity index (χ3n) is 3.30. The molecule has 0 amide bonds. The van der Waals surface area contributed by atoms with Gasteiger partial charge in [0.1, 0.15) is 0 Å². The Kier molecular flexibility index (Phi) is 5.76. The summed E-state index contributed by atoms with van der Waals surface area (Å²) < 4.78 is 0. The lowest BCUT2D eigenvalue weighted by atomic mass is 10.0. The van der Waals surface area contributed by atoms with E-state index < -0.39 is 0 Å². The molecule has 4 heteroatoms. The third kappa shape index (κ3) is 4.83. The number of aryl methyl sites for hydroxylation is 3. The minimum absolute atomic E-state index is 0.00935. The molecule has 3 nitrogen and oxygen atoms in total. The van der Waals surface area contributed by atoms with E-state index in [2.05, 4.69) is 41.2 Å². The average Bonchev–Trinajstić information content (AvgIpc) is 2.45. The maximum absolute atomic E-state index is 6.27. The van der Waals surface area contributed by atoms with Gasteiger partial charge in [-0.1, -0.05) is 49.4 Å². The first-order valence-corrected chi connectivity index (χ1v) is 8.36. The molecule has 0 saturated heterocycles. The van der Waals surface area contributed by atoms with Crippen LogP contribution in [0.2, 0.25) is 0 Å². The standard InChI is InChI=1S/C17H23N3S/c1-4-5-14-6-8-15(9-7-14)16(18)11-21-17-19-12(2)10-13(3)20-17/h6-10,16H,4-5,11,18H2,1-3H3. The number of aromatic nitrogens is 2. The monoisotopic (exact) mass is 301 g/mol. The number of nitrogens with zero attached hydrogens (tertiary/aromatic N) is 2. The van der Waals surface area contributed by atoms with Crippen molar-refractivity contribution in [1.29, 1.82) is 0 Å². The van der Waals surface area contributed by atoms with Crippen molar-refractivity contribution in [2.24, 2.45) is 5.73 Å². The van der Waals surface area contributed by atoms with Gasteiger partial charge in [0.05, 0.1) is 0 Å². The second kappa shape index (κ2) is 7.57. The second-order valence-electron chi connectivity index (χ2n) is 5.34. The largest absolute Gasteiger partial charge is 0.323 e. The first-order valence-electron chi connectivity index (χ1n) is 7.38. The highest BCUT2D eigenvalue weighted by molar-refractivity contribution is 7.99. The highest BCUT2D eigenvalue weighted by Gasteiger charge is 2.09. The molecule has 1 atom stereocenters. The Balaban J connectivity index is 1.96. The van der Waals surface area contributed by atoms with Crippen LogP contribution >= 0.6 is 11.8 Å². The van der Waals surface area contributed by atoms with Gasteiger partial charge in [0.15, 0.2) is 5.16 Å². The molecule has 0 aliphatic heterocycles. The lowest BCUT2D eigenvalue weighted by Gasteiger charge is -2.12. The number of hydrogen-bond acceptors (Lipinski definition) is 4. The molecule has 21 heavy (non-hydrogen) atoms. The summed E-state index contributed by atoms with van der Waals surface area (Å²) in [4.78, 5) is 8.87. The summed E-state index contributed by atoms with van der Waals surface area (Å²) in [5.74, 6) is 0.788. The Morgan fingerprint density at radius 1 is 1.10 bits per heavy atom. The zero-order chi connectivity index (χ0) is 15.2. The van der Waals surface area contributed by atoms with Crippen LogP contribution in [0.1, 0.15) is 41.9 Å². The predicted molar refractivity (Wildman–Crippen MR) is 89.6 cm³/mol. The maximum Gasteiger partial charge on any atom is 0.188 e. The van der Waals surface area contributed by atoms with Crippen LogP contribution in [0.25, 0.3) is 0 Å². The number of thioether (sulfide) groups is 1. The Labute approximate surface area is 131 Å². The van der Waals surface area contributed by atoms with E-state index in [0.717, 1.165) is 28.7 Å². The van der Waals surface area contributed by atoms with Gasteiger partial charge >= 0.3 is 0 Å². The second-order valence-corrected chi connectivity index (χ2v) is 6.33. The topological polar surface area (TPSA) is 51.8 Å². The molecule has 2 aromatic rings. The summed E-state index contributed by atoms with van der Waals surface area (Å²) in [5.41, 5.74) is 10.8. The molecular formula is C17H23N3S. The van der Waals surface area contributed by atoms with Crippen LogP contribution in [-0.4, -0.2) is 15.7 Å². The first kappa shape index (κ1) is 16.0. The molecule has 2 rings (SSSR count). The Hall–Kier alpha value is -1.39. The Bertz CT molecular complexity index is 561. The van der Waals surface area contributed by atoms with Crippen LogP contribution in [0, 0.1) is 13.8 Å². The van der Waals surface area contributed by atoms with Crippen molar-refractivity contribution in [3.8, 4) is 0 Å². The lowest BCUT2D eigenvalue weighted by Crippen LogP contribution is -2.13. The van der Waals surface area contributed by atoms with E-state index in [9.17, 15) is 0 Å². The molecule has 0 radical (unpaired) electrons. The van der Waals surface area contributed by atoms with Gasteiger partial charge in [0.25, 0.3) is 0 Å². The van der Waals surface area contributed by atoms with Crippen molar-refractivity contribution in [2.75, 3.05) is 5.75 Å². The maximum atomic E-state index is 6.27. The molecule has 0 bridgehead atoms. The number of nitrogens with two attached hydrogens (primary N) is 1. The minimum atomic E-state index is 0.00935. The quantitative estimate of drug-likeness (QED) is 0.650. The van der Waals surface area contributed by atoms with Crippen molar-refractivity contribution < 1.29 is 0 Å². The van der Waals surface area contributed by atoms with Gasteiger partial charge in [-0.3, -0.25) is 0 Å². The van der Waals surface area contributed by atoms with Crippen LogP contribution in [0.15, 0.2) is 35.5 Å². The molecule has 1 unspecified atom stereocenters. The molecule has 0 aliphatic carbocycles. The van der Waals surface area contributed by atoms with Crippen LogP contribution in [0.5, 0.6) is 0 Å². The van der Waals surface area contributed by atoms with E-state index in [1.54, 1.807) is 11.8 Å². The van der Waals surface area contributed by atoms with E-state index >= 15 is 0 Å². The summed E-state index contributed by atoms with van der Waals surface area (Å²) in [6.07, 6.45) is 2.30. The zero-order valence-electron chi connectivity index (χ0n) is 13.0. The molecule has 1 heterocycles. The van der Waals surface area contributed by atoms with Crippen molar-refractivity contribution in [3.63, 3.8) is 0 Å². The Morgan fingerprint density at radius 3 is 2.29 bits per heavy atom. The van der Waals surface area contributed by atoms with E-state index in [1.165, 1.54) is 17.5 Å². The number of rotatable bonds is 6. The molecule has 0 fully saturated rings. The molecule has 0 spiro atoms. The zero-order valence-corrected chi connectivity index (χ0v) is 13.8. The fraction of sp³-hybridized carbons (Fsp3) is 0.412. The van der Waals surface area contributed by atoms with E-state index in [1.807, 2.05) is 19.9 Å². The first-order chi connectivity index (χ1) is 10.1. The highest BCUT2D eigenvalue weighted by Crippen LogP contribution is 2.21. The fourth-order valence-electron chi connectivity index (χ4n) is 2.24. The third-order valence-corrected chi connectivity index (χ3v) is 4.27. The Morgan fingerprint density at radius 2 is 1.71 bits per heavy atom. The van der Waals surface area contributed by atoms with E-state index in [-0.39, 0.29) is 6.04 Å². The fourth-order valence-corrected chi connectivity index (χ4v) is 3.18. The molecule has 1 aromatic heterocycles. The van der Waals surface area contributed by atoms with Gasteiger partial charge in [0.2, 0.25) is 0 Å². The van der Waals surface area contributed by atoms with Crippen LogP contribution < -0.4 is 5.73 Å². The summed E-state index contributed by atoms with van der Waals surface area (Å²) in [6.45, 7) is 6.18. The summed E-state index contributed by atoms with van der Waals surface area (Å²) in [7, 11) is 0. The van der Waals surface area contributed by atoms with Crippen LogP contribution in [0.3, 0.4) is 0 Å². The summed E-state index contributed by atoms with van der Waals surface area (Å²) in [6, 6.07) is 10.6. The van der Waals surface area contributed by atoms with E-state index in [4.69, 9.17) is 5.73 Å². The van der Waals surface area contributed by atoms with Crippen molar-refractivity contribution in [2.45, 2.75) is 44.8 Å². The van der Waals surface area contributed by atoms with E-state index in [0.29, 0.717) is 0 Å². The van der Waals surface area contributed by atoms with Gasteiger partial charge < -0.3 is 5.73 Å². The van der Waals surface area contributed by atoms with Gasteiger partial charge in [-0.25, -0.2) is 9.97 Å². The molecule has 2 N–H and O–H groups in total. The van der Waals surface area contributed by atoms with Crippen molar-refractivity contribution in [3.05, 3.63) is 52.8 Å². The van der Waals surface area contributed by atoms with Crippen molar-refractivity contribution >= 4 is 11.8 Å².